The molecular formula is C4HClFN2. The zero-order valence-electron chi connectivity index (χ0n) is 3.73. The summed E-state index contributed by atoms with van der Waals surface area (Å²) in [6.07, 6.45) is 3.06. The first-order chi connectivity index (χ1) is 3.80. The van der Waals surface area contributed by atoms with Crippen LogP contribution in [0.15, 0.2) is 6.20 Å². The molecule has 0 aliphatic heterocycles. The molecule has 1 aromatic heterocycles. The quantitative estimate of drug-likeness (QED) is 0.526. The molecule has 0 aliphatic carbocycles. The van der Waals surface area contributed by atoms with Crippen LogP contribution in [0, 0.1) is 12.0 Å². The van der Waals surface area contributed by atoms with Crippen LogP contribution < -0.4 is 0 Å². The zero-order valence-corrected chi connectivity index (χ0v) is 4.48. The standard InChI is InChI=1S/C4HClFN2/c5-3-1-7-8-2-4(3)6/h2H. The zero-order chi connectivity index (χ0) is 5.98. The highest BCUT2D eigenvalue weighted by atomic mass is 35.5. The lowest BCUT2D eigenvalue weighted by Gasteiger charge is -1.84. The monoisotopic (exact) mass is 131 g/mol. The van der Waals surface area contributed by atoms with E-state index in [4.69, 9.17) is 11.6 Å². The van der Waals surface area contributed by atoms with Crippen LogP contribution in [0.1, 0.15) is 0 Å². The highest BCUT2D eigenvalue weighted by Gasteiger charge is 1.95. The summed E-state index contributed by atoms with van der Waals surface area (Å²) in [6.45, 7) is 0. The Balaban J connectivity index is 3.13. The van der Waals surface area contributed by atoms with Crippen molar-refractivity contribution in [1.29, 1.82) is 0 Å². The van der Waals surface area contributed by atoms with Crippen molar-refractivity contribution in [3.63, 3.8) is 0 Å². The molecule has 0 fully saturated rings. The van der Waals surface area contributed by atoms with Gasteiger partial charge in [-0.15, -0.1) is 5.10 Å². The van der Waals surface area contributed by atoms with Gasteiger partial charge in [0.2, 0.25) is 0 Å². The predicted molar refractivity (Wildman–Crippen MR) is 25.8 cm³/mol. The van der Waals surface area contributed by atoms with Crippen molar-refractivity contribution in [3.05, 3.63) is 23.2 Å². The van der Waals surface area contributed by atoms with Crippen molar-refractivity contribution >= 4 is 11.6 Å². The van der Waals surface area contributed by atoms with E-state index in [-0.39, 0.29) is 5.02 Å². The van der Waals surface area contributed by atoms with E-state index < -0.39 is 5.82 Å². The van der Waals surface area contributed by atoms with Gasteiger partial charge in [-0.05, 0) is 0 Å². The molecule has 0 saturated carbocycles. The molecule has 4 heteroatoms. The van der Waals surface area contributed by atoms with E-state index >= 15 is 0 Å². The molecule has 2 nitrogen and oxygen atoms in total. The van der Waals surface area contributed by atoms with Crippen LogP contribution in [0.2, 0.25) is 5.02 Å². The second kappa shape index (κ2) is 2.05. The Kier molecular flexibility index (Phi) is 1.39. The maximum absolute atomic E-state index is 12.1. The van der Waals surface area contributed by atoms with Crippen LogP contribution in [0.3, 0.4) is 0 Å². The third kappa shape index (κ3) is 0.924. The fraction of sp³-hybridized carbons (Fsp3) is 0. The second-order valence-corrected chi connectivity index (χ2v) is 1.50. The SMILES string of the molecule is Fc1cnn[c]c1Cl. The first kappa shape index (κ1) is 5.44. The van der Waals surface area contributed by atoms with E-state index in [1.54, 1.807) is 0 Å². The summed E-state index contributed by atoms with van der Waals surface area (Å²) in [7, 11) is 0. The molecule has 1 radical (unpaired) electrons. The van der Waals surface area contributed by atoms with E-state index in [0.29, 0.717) is 0 Å². The Labute approximate surface area is 50.3 Å². The first-order valence-corrected chi connectivity index (χ1v) is 2.23. The van der Waals surface area contributed by atoms with Crippen LogP contribution in [-0.4, -0.2) is 10.2 Å². The van der Waals surface area contributed by atoms with Crippen LogP contribution in [0.5, 0.6) is 0 Å². The van der Waals surface area contributed by atoms with Crippen molar-refractivity contribution in [2.24, 2.45) is 0 Å². The van der Waals surface area contributed by atoms with E-state index in [2.05, 4.69) is 16.4 Å². The topological polar surface area (TPSA) is 25.8 Å². The summed E-state index contributed by atoms with van der Waals surface area (Å²) in [6, 6.07) is 0. The lowest BCUT2D eigenvalue weighted by molar-refractivity contribution is 0.614. The number of halogens is 2. The van der Waals surface area contributed by atoms with Crippen LogP contribution >= 0.6 is 11.6 Å². The van der Waals surface area contributed by atoms with Gasteiger partial charge in [0.1, 0.15) is 11.2 Å². The first-order valence-electron chi connectivity index (χ1n) is 1.85. The summed E-state index contributed by atoms with van der Waals surface area (Å²) in [4.78, 5) is 0. The molecule has 41 valence electrons. The molecule has 0 saturated heterocycles. The van der Waals surface area contributed by atoms with E-state index in [1.165, 1.54) is 0 Å². The predicted octanol–water partition coefficient (Wildman–Crippen LogP) is 1.07. The Bertz CT molecular complexity index is 170. The van der Waals surface area contributed by atoms with Gasteiger partial charge >= 0.3 is 0 Å². The largest absolute Gasteiger partial charge is 0.203 e. The maximum Gasteiger partial charge on any atom is 0.164 e. The second-order valence-electron chi connectivity index (χ2n) is 1.12. The van der Waals surface area contributed by atoms with Crippen LogP contribution in [0.25, 0.3) is 0 Å². The fourth-order valence-electron chi connectivity index (χ4n) is 0.262. The molecule has 1 heterocycles. The van der Waals surface area contributed by atoms with Crippen molar-refractivity contribution in [1.82, 2.24) is 10.2 Å². The van der Waals surface area contributed by atoms with Crippen molar-refractivity contribution in [2.75, 3.05) is 0 Å². The summed E-state index contributed by atoms with van der Waals surface area (Å²) in [5.74, 6) is -0.596. The highest BCUT2D eigenvalue weighted by molar-refractivity contribution is 6.30. The van der Waals surface area contributed by atoms with Crippen LogP contribution in [-0.2, 0) is 0 Å². The number of rotatable bonds is 0. The van der Waals surface area contributed by atoms with Gasteiger partial charge in [0, 0.05) is 0 Å². The Hall–Kier alpha value is -0.700. The van der Waals surface area contributed by atoms with Gasteiger partial charge < -0.3 is 0 Å². The molecule has 0 aromatic carbocycles. The minimum absolute atomic E-state index is 0.125. The van der Waals surface area contributed by atoms with E-state index in [0.717, 1.165) is 6.20 Å². The maximum atomic E-state index is 12.1. The Morgan fingerprint density at radius 3 is 2.88 bits per heavy atom. The molecule has 0 spiro atoms. The lowest BCUT2D eigenvalue weighted by atomic mass is 10.6. The molecule has 0 unspecified atom stereocenters. The molecular weight excluding hydrogens is 131 g/mol. The van der Waals surface area contributed by atoms with Crippen molar-refractivity contribution in [3.8, 4) is 0 Å². The third-order valence-electron chi connectivity index (χ3n) is 0.587. The normalized spacial score (nSPS) is 9.25. The van der Waals surface area contributed by atoms with Gasteiger partial charge in [-0.25, -0.2) is 4.39 Å². The number of hydrogen-bond donors (Lipinski definition) is 0. The summed E-state index contributed by atoms with van der Waals surface area (Å²) in [5.41, 5.74) is 0. The van der Waals surface area contributed by atoms with Gasteiger partial charge in [-0.1, -0.05) is 11.6 Å². The molecule has 1 aromatic rings. The summed E-state index contributed by atoms with van der Waals surface area (Å²) in [5, 5.41) is 6.25. The smallest absolute Gasteiger partial charge is 0.164 e. The number of nitrogens with zero attached hydrogens (tertiary/aromatic N) is 2. The third-order valence-corrected chi connectivity index (χ3v) is 0.852. The molecule has 0 bridgehead atoms. The van der Waals surface area contributed by atoms with Crippen molar-refractivity contribution < 1.29 is 4.39 Å². The van der Waals surface area contributed by atoms with Gasteiger partial charge in [-0.2, -0.15) is 5.10 Å². The molecule has 1 rings (SSSR count). The van der Waals surface area contributed by atoms with Crippen LogP contribution in [0.4, 0.5) is 4.39 Å². The number of aromatic nitrogens is 2. The van der Waals surface area contributed by atoms with Gasteiger partial charge in [0.05, 0.1) is 6.20 Å². The molecule has 0 amide bonds. The van der Waals surface area contributed by atoms with Gasteiger partial charge in [0.25, 0.3) is 0 Å². The molecule has 0 N–H and O–H groups in total. The molecule has 0 atom stereocenters. The Morgan fingerprint density at radius 2 is 2.50 bits per heavy atom. The fourth-order valence-corrected chi connectivity index (χ4v) is 0.349. The lowest BCUT2D eigenvalue weighted by Crippen LogP contribution is -1.82. The minimum Gasteiger partial charge on any atom is -0.203 e. The van der Waals surface area contributed by atoms with E-state index in [9.17, 15) is 4.39 Å². The van der Waals surface area contributed by atoms with E-state index in [1.807, 2.05) is 0 Å². The number of hydrogen-bond acceptors (Lipinski definition) is 2. The molecule has 8 heavy (non-hydrogen) atoms. The average Bonchev–Trinajstić information content (AvgIpc) is 1.77. The minimum atomic E-state index is -0.596. The highest BCUT2D eigenvalue weighted by Crippen LogP contribution is 2.07. The van der Waals surface area contributed by atoms with Gasteiger partial charge in [-0.3, -0.25) is 0 Å². The summed E-state index contributed by atoms with van der Waals surface area (Å²) < 4.78 is 12.1. The summed E-state index contributed by atoms with van der Waals surface area (Å²) >= 11 is 5.18. The van der Waals surface area contributed by atoms with Crippen molar-refractivity contribution in [2.45, 2.75) is 0 Å². The molecule has 0 aliphatic rings. The average molecular weight is 132 g/mol. The Morgan fingerprint density at radius 1 is 1.75 bits per heavy atom. The van der Waals surface area contributed by atoms with Gasteiger partial charge in [0.15, 0.2) is 5.82 Å².